The van der Waals surface area contributed by atoms with E-state index in [4.69, 9.17) is 4.74 Å². The van der Waals surface area contributed by atoms with Crippen molar-refractivity contribution in [2.45, 2.75) is 31.2 Å². The van der Waals surface area contributed by atoms with E-state index >= 15 is 0 Å². The first-order valence-electron chi connectivity index (χ1n) is 7.51. The van der Waals surface area contributed by atoms with E-state index in [9.17, 15) is 10.2 Å². The van der Waals surface area contributed by atoms with Crippen molar-refractivity contribution in [1.82, 2.24) is 14.8 Å². The van der Waals surface area contributed by atoms with Gasteiger partial charge in [0.2, 0.25) is 0 Å². The van der Waals surface area contributed by atoms with Gasteiger partial charge in [0.05, 0.1) is 42.7 Å². The van der Waals surface area contributed by atoms with Crippen LogP contribution < -0.4 is 0 Å². The summed E-state index contributed by atoms with van der Waals surface area (Å²) in [6, 6.07) is -0.0370. The fraction of sp³-hybridized carbons (Fsp3) is 0.786. The SMILES string of the molecule is O[C@@H]1[C@H](O)CCN(Cc2cscn2)C[C@H]1N1CCOCC1. The Balaban J connectivity index is 1.69. The maximum absolute atomic E-state index is 10.4. The van der Waals surface area contributed by atoms with Crippen LogP contribution in [0.2, 0.25) is 0 Å². The monoisotopic (exact) mass is 313 g/mol. The van der Waals surface area contributed by atoms with Gasteiger partial charge in [0, 0.05) is 38.1 Å². The van der Waals surface area contributed by atoms with Crippen LogP contribution >= 0.6 is 11.3 Å². The zero-order valence-electron chi connectivity index (χ0n) is 12.1. The standard InChI is InChI=1S/C14H23N3O3S/c18-13-1-2-16(7-11-9-21-10-15-11)8-12(14(13)19)17-3-5-20-6-4-17/h9-10,12-14,18-19H,1-8H2/t12-,13-,14+/m1/s1. The molecule has 0 bridgehead atoms. The van der Waals surface area contributed by atoms with Crippen molar-refractivity contribution in [3.8, 4) is 0 Å². The molecule has 2 fully saturated rings. The Bertz CT molecular complexity index is 425. The van der Waals surface area contributed by atoms with Crippen LogP contribution in [0.5, 0.6) is 0 Å². The van der Waals surface area contributed by atoms with Gasteiger partial charge in [-0.3, -0.25) is 9.80 Å². The van der Waals surface area contributed by atoms with Crippen molar-refractivity contribution in [2.24, 2.45) is 0 Å². The Morgan fingerprint density at radius 2 is 2.10 bits per heavy atom. The molecule has 3 rings (SSSR count). The summed E-state index contributed by atoms with van der Waals surface area (Å²) in [6.45, 7) is 5.37. The Kier molecular flexibility index (Phi) is 5.20. The quantitative estimate of drug-likeness (QED) is 0.803. The predicted molar refractivity (Wildman–Crippen MR) is 80.2 cm³/mol. The summed E-state index contributed by atoms with van der Waals surface area (Å²) in [5.41, 5.74) is 2.91. The van der Waals surface area contributed by atoms with Crippen LogP contribution in [0.4, 0.5) is 0 Å². The molecule has 0 amide bonds. The number of rotatable bonds is 3. The van der Waals surface area contributed by atoms with E-state index in [1.807, 2.05) is 5.51 Å². The van der Waals surface area contributed by atoms with E-state index in [0.29, 0.717) is 19.6 Å². The second-order valence-electron chi connectivity index (χ2n) is 5.78. The summed E-state index contributed by atoms with van der Waals surface area (Å²) < 4.78 is 5.39. The molecule has 0 aliphatic carbocycles. The maximum Gasteiger partial charge on any atom is 0.0966 e. The van der Waals surface area contributed by atoms with Gasteiger partial charge in [-0.15, -0.1) is 11.3 Å². The highest BCUT2D eigenvalue weighted by atomic mass is 32.1. The van der Waals surface area contributed by atoms with E-state index in [1.165, 1.54) is 0 Å². The normalized spacial score (nSPS) is 33.0. The summed E-state index contributed by atoms with van der Waals surface area (Å²) >= 11 is 1.60. The molecule has 21 heavy (non-hydrogen) atoms. The second-order valence-corrected chi connectivity index (χ2v) is 6.50. The number of aliphatic hydroxyl groups is 2. The number of hydrogen-bond donors (Lipinski definition) is 2. The van der Waals surface area contributed by atoms with Gasteiger partial charge < -0.3 is 14.9 Å². The molecule has 2 aliphatic heterocycles. The van der Waals surface area contributed by atoms with Gasteiger partial charge in [-0.05, 0) is 6.42 Å². The Morgan fingerprint density at radius 1 is 1.29 bits per heavy atom. The second kappa shape index (κ2) is 7.13. The molecule has 2 saturated heterocycles. The molecular formula is C14H23N3O3S. The molecule has 0 saturated carbocycles. The molecular weight excluding hydrogens is 290 g/mol. The van der Waals surface area contributed by atoms with Gasteiger partial charge in [-0.1, -0.05) is 0 Å². The van der Waals surface area contributed by atoms with Crippen LogP contribution in [-0.4, -0.2) is 82.6 Å². The van der Waals surface area contributed by atoms with Gasteiger partial charge in [-0.2, -0.15) is 0 Å². The summed E-state index contributed by atoms with van der Waals surface area (Å²) in [4.78, 5) is 8.87. The lowest BCUT2D eigenvalue weighted by atomic mass is 10.0. The molecule has 0 unspecified atom stereocenters. The third kappa shape index (κ3) is 3.80. The molecule has 0 spiro atoms. The summed E-state index contributed by atoms with van der Waals surface area (Å²) in [5, 5.41) is 22.7. The first-order valence-corrected chi connectivity index (χ1v) is 8.45. The van der Waals surface area contributed by atoms with Gasteiger partial charge in [0.25, 0.3) is 0 Å². The molecule has 2 N–H and O–H groups in total. The number of morpholine rings is 1. The van der Waals surface area contributed by atoms with Crippen molar-refractivity contribution in [1.29, 1.82) is 0 Å². The Labute approximate surface area is 129 Å². The van der Waals surface area contributed by atoms with Crippen molar-refractivity contribution in [3.05, 3.63) is 16.6 Å². The molecule has 0 aromatic carbocycles. The van der Waals surface area contributed by atoms with E-state index in [1.54, 1.807) is 11.3 Å². The predicted octanol–water partition coefficient (Wildman–Crippen LogP) is -0.229. The van der Waals surface area contributed by atoms with Crippen LogP contribution in [0.25, 0.3) is 0 Å². The van der Waals surface area contributed by atoms with Gasteiger partial charge >= 0.3 is 0 Å². The highest BCUT2D eigenvalue weighted by Crippen LogP contribution is 2.20. The molecule has 1 aromatic rings. The first-order chi connectivity index (χ1) is 10.2. The lowest BCUT2D eigenvalue weighted by Crippen LogP contribution is -2.55. The van der Waals surface area contributed by atoms with Crippen LogP contribution in [0.1, 0.15) is 12.1 Å². The lowest BCUT2D eigenvalue weighted by molar-refractivity contribution is -0.0618. The largest absolute Gasteiger partial charge is 0.390 e. The van der Waals surface area contributed by atoms with Crippen molar-refractivity contribution >= 4 is 11.3 Å². The van der Waals surface area contributed by atoms with Gasteiger partial charge in [-0.25, -0.2) is 4.98 Å². The minimum absolute atomic E-state index is 0.0370. The summed E-state index contributed by atoms with van der Waals surface area (Å²) in [5.74, 6) is 0. The highest BCUT2D eigenvalue weighted by Gasteiger charge is 2.36. The van der Waals surface area contributed by atoms with Crippen LogP contribution in [-0.2, 0) is 11.3 Å². The molecule has 2 aliphatic rings. The number of hydrogen-bond acceptors (Lipinski definition) is 7. The molecule has 7 heteroatoms. The fourth-order valence-corrected chi connectivity index (χ4v) is 3.68. The van der Waals surface area contributed by atoms with Crippen LogP contribution in [0.3, 0.4) is 0 Å². The number of nitrogens with zero attached hydrogens (tertiary/aromatic N) is 3. The van der Waals surface area contributed by atoms with Gasteiger partial charge in [0.15, 0.2) is 0 Å². The number of ether oxygens (including phenoxy) is 1. The molecule has 3 heterocycles. The molecule has 118 valence electrons. The molecule has 0 radical (unpaired) electrons. The van der Waals surface area contributed by atoms with E-state index in [-0.39, 0.29) is 6.04 Å². The average molecular weight is 313 g/mol. The minimum Gasteiger partial charge on any atom is -0.390 e. The summed E-state index contributed by atoms with van der Waals surface area (Å²) in [6.07, 6.45) is -0.742. The van der Waals surface area contributed by atoms with Crippen molar-refractivity contribution in [2.75, 3.05) is 39.4 Å². The Morgan fingerprint density at radius 3 is 2.81 bits per heavy atom. The first kappa shape index (κ1) is 15.3. The number of aromatic nitrogens is 1. The van der Waals surface area contributed by atoms with Crippen LogP contribution in [0, 0.1) is 0 Å². The zero-order valence-corrected chi connectivity index (χ0v) is 12.9. The zero-order chi connectivity index (χ0) is 14.7. The molecule has 6 nitrogen and oxygen atoms in total. The van der Waals surface area contributed by atoms with Crippen molar-refractivity contribution in [3.63, 3.8) is 0 Å². The smallest absolute Gasteiger partial charge is 0.0966 e. The maximum atomic E-state index is 10.4. The van der Waals surface area contributed by atoms with E-state index in [0.717, 1.165) is 38.4 Å². The Hall–Kier alpha value is -0.570. The summed E-state index contributed by atoms with van der Waals surface area (Å²) in [7, 11) is 0. The van der Waals surface area contributed by atoms with Crippen LogP contribution in [0.15, 0.2) is 10.9 Å². The minimum atomic E-state index is -0.691. The number of likely N-dealkylation sites (tertiary alicyclic amines) is 1. The highest BCUT2D eigenvalue weighted by molar-refractivity contribution is 7.07. The third-order valence-corrected chi connectivity index (χ3v) is 4.99. The van der Waals surface area contributed by atoms with Crippen molar-refractivity contribution < 1.29 is 14.9 Å². The van der Waals surface area contributed by atoms with Gasteiger partial charge in [0.1, 0.15) is 0 Å². The number of aliphatic hydroxyl groups excluding tert-OH is 2. The topological polar surface area (TPSA) is 69.1 Å². The fourth-order valence-electron chi connectivity index (χ4n) is 3.13. The average Bonchev–Trinajstić information content (AvgIpc) is 2.98. The molecule has 3 atom stereocenters. The van der Waals surface area contributed by atoms with E-state index in [2.05, 4.69) is 20.2 Å². The number of thiazole rings is 1. The molecule has 1 aromatic heterocycles. The lowest BCUT2D eigenvalue weighted by Gasteiger charge is -2.38. The van der Waals surface area contributed by atoms with E-state index < -0.39 is 12.2 Å². The third-order valence-electron chi connectivity index (χ3n) is 4.36.